The fourth-order valence-electron chi connectivity index (χ4n) is 2.10. The van der Waals surface area contributed by atoms with Crippen LogP contribution in [0.15, 0.2) is 0 Å². The summed E-state index contributed by atoms with van der Waals surface area (Å²) in [7, 11) is 0. The summed E-state index contributed by atoms with van der Waals surface area (Å²) in [5, 5.41) is 11.8. The highest BCUT2D eigenvalue weighted by Gasteiger charge is 2.31. The number of unbranched alkanes of at least 4 members (excludes halogenated alkanes) is 2. The molecule has 0 aromatic rings. The molecule has 1 aliphatic heterocycles. The number of carboxylic acids is 1. The SMILES string of the molecule is CCCCCNC(=O)N1CCCCC1C(=O)O. The molecule has 0 radical (unpaired) electrons. The van der Waals surface area contributed by atoms with E-state index in [9.17, 15) is 9.59 Å². The highest BCUT2D eigenvalue weighted by molar-refractivity contribution is 5.82. The highest BCUT2D eigenvalue weighted by Crippen LogP contribution is 2.17. The number of piperidine rings is 1. The standard InChI is InChI=1S/C12H22N2O3/c1-2-3-5-8-13-12(17)14-9-6-4-7-10(14)11(15)16/h10H,2-9H2,1H3,(H,13,17)(H,15,16). The predicted octanol–water partition coefficient (Wildman–Crippen LogP) is 1.83. The molecule has 0 spiro atoms. The van der Waals surface area contributed by atoms with Crippen molar-refractivity contribution in [3.8, 4) is 0 Å². The second kappa shape index (κ2) is 7.14. The van der Waals surface area contributed by atoms with E-state index in [-0.39, 0.29) is 6.03 Å². The van der Waals surface area contributed by atoms with Crippen molar-refractivity contribution in [3.63, 3.8) is 0 Å². The molecule has 0 saturated carbocycles. The molecule has 2 N–H and O–H groups in total. The Bertz CT molecular complexity index is 268. The first-order valence-electron chi connectivity index (χ1n) is 6.44. The molecule has 1 unspecified atom stereocenters. The molecule has 0 aromatic carbocycles. The smallest absolute Gasteiger partial charge is 0.326 e. The van der Waals surface area contributed by atoms with E-state index in [0.29, 0.717) is 19.5 Å². The van der Waals surface area contributed by atoms with E-state index < -0.39 is 12.0 Å². The third-order valence-electron chi connectivity index (χ3n) is 3.11. The number of urea groups is 1. The van der Waals surface area contributed by atoms with Gasteiger partial charge in [0.05, 0.1) is 0 Å². The van der Waals surface area contributed by atoms with E-state index in [0.717, 1.165) is 32.1 Å². The number of carbonyl (C=O) groups excluding carboxylic acids is 1. The van der Waals surface area contributed by atoms with Gasteiger partial charge in [-0.3, -0.25) is 0 Å². The third-order valence-corrected chi connectivity index (χ3v) is 3.11. The molecule has 1 heterocycles. The summed E-state index contributed by atoms with van der Waals surface area (Å²) in [4.78, 5) is 24.3. The molecule has 0 aromatic heterocycles. The number of aliphatic carboxylic acids is 1. The number of carbonyl (C=O) groups is 2. The van der Waals surface area contributed by atoms with Crippen LogP contribution >= 0.6 is 0 Å². The Morgan fingerprint density at radius 2 is 2.12 bits per heavy atom. The number of likely N-dealkylation sites (tertiary alicyclic amines) is 1. The fourth-order valence-corrected chi connectivity index (χ4v) is 2.10. The minimum absolute atomic E-state index is 0.229. The number of rotatable bonds is 5. The number of hydrogen-bond donors (Lipinski definition) is 2. The van der Waals surface area contributed by atoms with Crippen LogP contribution in [0.4, 0.5) is 4.79 Å². The molecule has 5 heteroatoms. The van der Waals surface area contributed by atoms with Crippen molar-refractivity contribution in [1.82, 2.24) is 10.2 Å². The average Bonchev–Trinajstić information content (AvgIpc) is 2.34. The second-order valence-corrected chi connectivity index (χ2v) is 4.48. The zero-order chi connectivity index (χ0) is 12.7. The Hall–Kier alpha value is -1.26. The van der Waals surface area contributed by atoms with Crippen LogP contribution in [0.3, 0.4) is 0 Å². The minimum atomic E-state index is -0.895. The van der Waals surface area contributed by atoms with Crippen molar-refractivity contribution in [1.29, 1.82) is 0 Å². The van der Waals surface area contributed by atoms with Crippen molar-refractivity contribution >= 4 is 12.0 Å². The van der Waals surface area contributed by atoms with Crippen molar-refractivity contribution in [2.24, 2.45) is 0 Å². The van der Waals surface area contributed by atoms with E-state index in [1.54, 1.807) is 0 Å². The van der Waals surface area contributed by atoms with Crippen LogP contribution in [-0.4, -0.2) is 41.1 Å². The van der Waals surface area contributed by atoms with Crippen LogP contribution in [0.5, 0.6) is 0 Å². The summed E-state index contributed by atoms with van der Waals surface area (Å²) >= 11 is 0. The van der Waals surface area contributed by atoms with Crippen LogP contribution in [-0.2, 0) is 4.79 Å². The van der Waals surface area contributed by atoms with Gasteiger partial charge in [0.1, 0.15) is 6.04 Å². The molecule has 1 fully saturated rings. The lowest BCUT2D eigenvalue weighted by Crippen LogP contribution is -2.52. The first-order valence-corrected chi connectivity index (χ1v) is 6.44. The highest BCUT2D eigenvalue weighted by atomic mass is 16.4. The lowest BCUT2D eigenvalue weighted by molar-refractivity contribution is -0.143. The predicted molar refractivity (Wildman–Crippen MR) is 64.9 cm³/mol. The average molecular weight is 242 g/mol. The number of nitrogens with one attached hydrogen (secondary N) is 1. The van der Waals surface area contributed by atoms with Gasteiger partial charge in [0.2, 0.25) is 0 Å². The Morgan fingerprint density at radius 3 is 2.76 bits per heavy atom. The van der Waals surface area contributed by atoms with E-state index >= 15 is 0 Å². The Labute approximate surface area is 102 Å². The van der Waals surface area contributed by atoms with Crippen LogP contribution in [0.25, 0.3) is 0 Å². The lowest BCUT2D eigenvalue weighted by atomic mass is 10.0. The minimum Gasteiger partial charge on any atom is -0.480 e. The lowest BCUT2D eigenvalue weighted by Gasteiger charge is -2.32. The largest absolute Gasteiger partial charge is 0.480 e. The Kier molecular flexibility index (Phi) is 5.80. The molecule has 1 atom stereocenters. The van der Waals surface area contributed by atoms with Gasteiger partial charge in [0.25, 0.3) is 0 Å². The number of amides is 2. The quantitative estimate of drug-likeness (QED) is 0.722. The van der Waals surface area contributed by atoms with Gasteiger partial charge in [-0.25, -0.2) is 9.59 Å². The van der Waals surface area contributed by atoms with Crippen LogP contribution in [0.1, 0.15) is 45.4 Å². The van der Waals surface area contributed by atoms with E-state index in [2.05, 4.69) is 12.2 Å². The maximum Gasteiger partial charge on any atom is 0.326 e. The third kappa shape index (κ3) is 4.24. The molecule has 98 valence electrons. The van der Waals surface area contributed by atoms with Gasteiger partial charge in [0.15, 0.2) is 0 Å². The van der Waals surface area contributed by atoms with Crippen molar-refractivity contribution in [3.05, 3.63) is 0 Å². The van der Waals surface area contributed by atoms with Gasteiger partial charge >= 0.3 is 12.0 Å². The van der Waals surface area contributed by atoms with Crippen molar-refractivity contribution in [2.45, 2.75) is 51.5 Å². The van der Waals surface area contributed by atoms with Gasteiger partial charge in [-0.15, -0.1) is 0 Å². The maximum absolute atomic E-state index is 11.8. The van der Waals surface area contributed by atoms with Gasteiger partial charge in [0, 0.05) is 13.1 Å². The van der Waals surface area contributed by atoms with Crippen LogP contribution in [0.2, 0.25) is 0 Å². The van der Waals surface area contributed by atoms with Crippen LogP contribution in [0, 0.1) is 0 Å². The monoisotopic (exact) mass is 242 g/mol. The van der Waals surface area contributed by atoms with E-state index in [1.165, 1.54) is 4.90 Å². The fraction of sp³-hybridized carbons (Fsp3) is 0.833. The summed E-state index contributed by atoms with van der Waals surface area (Å²) in [6, 6.07) is -0.872. The molecule has 1 rings (SSSR count). The van der Waals surface area contributed by atoms with Gasteiger partial charge in [-0.1, -0.05) is 19.8 Å². The summed E-state index contributed by atoms with van der Waals surface area (Å²) in [6.45, 7) is 3.29. The molecule has 1 saturated heterocycles. The molecule has 17 heavy (non-hydrogen) atoms. The van der Waals surface area contributed by atoms with Gasteiger partial charge < -0.3 is 15.3 Å². The zero-order valence-corrected chi connectivity index (χ0v) is 10.4. The topological polar surface area (TPSA) is 69.6 Å². The van der Waals surface area contributed by atoms with Crippen molar-refractivity contribution in [2.75, 3.05) is 13.1 Å². The number of hydrogen-bond acceptors (Lipinski definition) is 2. The molecule has 0 aliphatic carbocycles. The normalized spacial score (nSPS) is 20.1. The molecule has 5 nitrogen and oxygen atoms in total. The maximum atomic E-state index is 11.8. The van der Waals surface area contributed by atoms with Gasteiger partial charge in [-0.05, 0) is 25.7 Å². The molecule has 0 bridgehead atoms. The summed E-state index contributed by atoms with van der Waals surface area (Å²) in [5.41, 5.74) is 0. The zero-order valence-electron chi connectivity index (χ0n) is 10.4. The van der Waals surface area contributed by atoms with Gasteiger partial charge in [-0.2, -0.15) is 0 Å². The molecular formula is C12H22N2O3. The number of nitrogens with zero attached hydrogens (tertiary/aromatic N) is 1. The molecule has 2 amide bonds. The van der Waals surface area contributed by atoms with Crippen LogP contribution < -0.4 is 5.32 Å². The number of carboxylic acid groups (broad SMARTS) is 1. The van der Waals surface area contributed by atoms with Crippen molar-refractivity contribution < 1.29 is 14.7 Å². The Morgan fingerprint density at radius 1 is 1.35 bits per heavy atom. The summed E-state index contributed by atoms with van der Waals surface area (Å²) < 4.78 is 0. The Balaban J connectivity index is 2.39. The first-order chi connectivity index (χ1) is 8.16. The second-order valence-electron chi connectivity index (χ2n) is 4.48. The molecule has 1 aliphatic rings. The summed E-state index contributed by atoms with van der Waals surface area (Å²) in [6.07, 6.45) is 5.49. The summed E-state index contributed by atoms with van der Waals surface area (Å²) in [5.74, 6) is -0.895. The first kappa shape index (κ1) is 13.8. The molecular weight excluding hydrogens is 220 g/mol. The van der Waals surface area contributed by atoms with E-state index in [4.69, 9.17) is 5.11 Å². The van der Waals surface area contributed by atoms with E-state index in [1.807, 2.05) is 0 Å².